The van der Waals surface area contributed by atoms with Gasteiger partial charge in [-0.3, -0.25) is 14.5 Å². The Labute approximate surface area is 134 Å². The lowest BCUT2D eigenvalue weighted by molar-refractivity contribution is -0.182. The molecule has 1 aromatic carbocycles. The maximum Gasteiger partial charge on any atom is 0.372 e. The van der Waals surface area contributed by atoms with Crippen molar-refractivity contribution in [2.45, 2.75) is 44.9 Å². The molecular weight excluding hydrogens is 304 g/mol. The zero-order chi connectivity index (χ0) is 17.5. The van der Waals surface area contributed by atoms with E-state index in [0.717, 1.165) is 19.3 Å². The molecule has 0 spiro atoms. The maximum atomic E-state index is 10.5. The Morgan fingerprint density at radius 3 is 1.61 bits per heavy atom. The highest BCUT2D eigenvalue weighted by molar-refractivity contribution is 5.88. The largest absolute Gasteiger partial charge is 0.481 e. The van der Waals surface area contributed by atoms with E-state index in [1.54, 1.807) is 30.3 Å². The van der Waals surface area contributed by atoms with Crippen LogP contribution in [0.5, 0.6) is 0 Å². The second-order valence-corrected chi connectivity index (χ2v) is 4.80. The van der Waals surface area contributed by atoms with Gasteiger partial charge in [-0.25, -0.2) is 4.79 Å². The number of benzene rings is 1. The molecule has 0 unspecified atom stereocenters. The highest BCUT2D eigenvalue weighted by Crippen LogP contribution is 2.06. The lowest BCUT2D eigenvalue weighted by Gasteiger charge is -1.97. The van der Waals surface area contributed by atoms with Crippen molar-refractivity contribution in [3.05, 3.63) is 35.9 Å². The fraction of sp³-hybridized carbons (Fsp3) is 0.438. The summed E-state index contributed by atoms with van der Waals surface area (Å²) in [5, 5.41) is 24.6. The Kier molecular flexibility index (Phi) is 11.9. The molecule has 3 N–H and O–H groups in total. The summed E-state index contributed by atoms with van der Waals surface area (Å²) in [6.07, 6.45) is 4.53. The zero-order valence-corrected chi connectivity index (χ0v) is 12.8. The van der Waals surface area contributed by atoms with Crippen molar-refractivity contribution >= 4 is 17.9 Å². The van der Waals surface area contributed by atoms with Crippen LogP contribution in [0.25, 0.3) is 0 Å². The summed E-state index contributed by atoms with van der Waals surface area (Å²) >= 11 is 0. The van der Waals surface area contributed by atoms with E-state index in [1.807, 2.05) is 0 Å². The van der Waals surface area contributed by atoms with Crippen LogP contribution in [-0.4, -0.2) is 33.4 Å². The van der Waals surface area contributed by atoms with Crippen molar-refractivity contribution in [3.63, 3.8) is 0 Å². The second-order valence-electron chi connectivity index (χ2n) is 4.80. The molecule has 0 atom stereocenters. The average Bonchev–Trinajstić information content (AvgIpc) is 2.54. The highest BCUT2D eigenvalue weighted by Gasteiger charge is 2.03. The van der Waals surface area contributed by atoms with Gasteiger partial charge >= 0.3 is 17.9 Å². The summed E-state index contributed by atoms with van der Waals surface area (Å²) in [6, 6.07) is 8.25. The number of carboxylic acid groups (broad SMARTS) is 2. The fourth-order valence-electron chi connectivity index (χ4n) is 1.71. The fourth-order valence-corrected chi connectivity index (χ4v) is 1.71. The molecule has 0 heterocycles. The molecule has 7 nitrogen and oxygen atoms in total. The number of carbonyl (C=O) groups is 3. The third-order valence-electron chi connectivity index (χ3n) is 2.87. The summed E-state index contributed by atoms with van der Waals surface area (Å²) in [6.45, 7) is 0. The molecule has 0 bridgehead atoms. The van der Waals surface area contributed by atoms with Crippen LogP contribution in [0.15, 0.2) is 30.3 Å². The zero-order valence-electron chi connectivity index (χ0n) is 12.8. The van der Waals surface area contributed by atoms with Gasteiger partial charge in [0.2, 0.25) is 0 Å². The molecule has 23 heavy (non-hydrogen) atoms. The minimum atomic E-state index is -0.759. The van der Waals surface area contributed by atoms with Gasteiger partial charge in [-0.1, -0.05) is 37.5 Å². The van der Waals surface area contributed by atoms with Crippen molar-refractivity contribution < 1.29 is 34.7 Å². The molecule has 1 rings (SSSR count). The molecule has 0 aliphatic carbocycles. The topological polar surface area (TPSA) is 121 Å². The van der Waals surface area contributed by atoms with Gasteiger partial charge in [0.25, 0.3) is 0 Å². The number of hydrogen-bond acceptors (Lipinski definition) is 5. The predicted octanol–water partition coefficient (Wildman–Crippen LogP) is 3.20. The molecule has 0 aliphatic rings. The summed E-state index contributed by atoms with van der Waals surface area (Å²) in [5.74, 6) is -2.25. The van der Waals surface area contributed by atoms with Crippen LogP contribution in [-0.2, 0) is 14.5 Å². The predicted molar refractivity (Wildman–Crippen MR) is 82.1 cm³/mol. The van der Waals surface area contributed by atoms with E-state index in [-0.39, 0.29) is 12.8 Å². The van der Waals surface area contributed by atoms with Crippen LogP contribution in [0.2, 0.25) is 0 Å². The summed E-state index contributed by atoms with van der Waals surface area (Å²) in [4.78, 5) is 34.2. The van der Waals surface area contributed by atoms with Crippen LogP contribution >= 0.6 is 0 Å². The number of carbonyl (C=O) groups excluding carboxylic acids is 1. The van der Waals surface area contributed by atoms with Crippen molar-refractivity contribution in [1.29, 1.82) is 0 Å². The van der Waals surface area contributed by atoms with Gasteiger partial charge in [0.1, 0.15) is 0 Å². The Hall–Kier alpha value is -2.41. The number of rotatable bonds is 9. The van der Waals surface area contributed by atoms with Crippen LogP contribution < -0.4 is 0 Å². The maximum absolute atomic E-state index is 10.5. The molecule has 0 amide bonds. The smallest absolute Gasteiger partial charge is 0.372 e. The summed E-state index contributed by atoms with van der Waals surface area (Å²) < 4.78 is 0. The Balaban J connectivity index is 0.000000433. The SMILES string of the molecule is O=C(O)CCCCCCCC(=O)O.O=C(OO)c1ccccc1. The van der Waals surface area contributed by atoms with Crippen LogP contribution in [0.3, 0.4) is 0 Å². The Morgan fingerprint density at radius 1 is 0.783 bits per heavy atom. The third kappa shape index (κ3) is 13.0. The third-order valence-corrected chi connectivity index (χ3v) is 2.87. The highest BCUT2D eigenvalue weighted by atomic mass is 17.1. The number of unbranched alkanes of at least 4 members (excludes halogenated alkanes) is 4. The first kappa shape index (κ1) is 20.6. The standard InChI is InChI=1S/C9H16O4.C7H6O3/c10-8(11)6-4-2-1-3-5-7-9(12)13;8-7(10-9)6-4-2-1-3-5-6/h1-7H2,(H,10,11)(H,12,13);1-5,9H. The van der Waals surface area contributed by atoms with E-state index in [1.165, 1.54) is 0 Å². The molecule has 0 aliphatic heterocycles. The van der Waals surface area contributed by atoms with Gasteiger partial charge in [0.05, 0.1) is 5.56 Å². The van der Waals surface area contributed by atoms with Crippen molar-refractivity contribution in [2.75, 3.05) is 0 Å². The second kappa shape index (κ2) is 13.3. The Bertz CT molecular complexity index is 453. The molecule has 1 aromatic rings. The van der Waals surface area contributed by atoms with Crippen molar-refractivity contribution in [3.8, 4) is 0 Å². The monoisotopic (exact) mass is 326 g/mol. The number of carboxylic acids is 2. The first-order valence-corrected chi connectivity index (χ1v) is 7.31. The minimum Gasteiger partial charge on any atom is -0.481 e. The van der Waals surface area contributed by atoms with E-state index in [4.69, 9.17) is 15.5 Å². The van der Waals surface area contributed by atoms with Gasteiger partial charge in [-0.05, 0) is 25.0 Å². The van der Waals surface area contributed by atoms with E-state index in [2.05, 4.69) is 4.89 Å². The van der Waals surface area contributed by atoms with Gasteiger partial charge in [-0.15, -0.1) is 0 Å². The van der Waals surface area contributed by atoms with Gasteiger partial charge in [0.15, 0.2) is 0 Å². The van der Waals surface area contributed by atoms with E-state index >= 15 is 0 Å². The van der Waals surface area contributed by atoms with Crippen LogP contribution in [0, 0.1) is 0 Å². The van der Waals surface area contributed by atoms with Crippen molar-refractivity contribution in [2.24, 2.45) is 0 Å². The van der Waals surface area contributed by atoms with E-state index in [9.17, 15) is 14.4 Å². The quantitative estimate of drug-likeness (QED) is 0.362. The van der Waals surface area contributed by atoms with Gasteiger partial charge in [0, 0.05) is 12.8 Å². The first-order chi connectivity index (χ1) is 11.0. The van der Waals surface area contributed by atoms with Crippen LogP contribution in [0.1, 0.15) is 55.3 Å². The molecule has 0 saturated carbocycles. The molecule has 0 saturated heterocycles. The number of aliphatic carboxylic acids is 2. The normalized spacial score (nSPS) is 9.43. The molecule has 7 heteroatoms. The summed E-state index contributed by atoms with van der Waals surface area (Å²) in [7, 11) is 0. The average molecular weight is 326 g/mol. The van der Waals surface area contributed by atoms with Crippen molar-refractivity contribution in [1.82, 2.24) is 0 Å². The Morgan fingerprint density at radius 2 is 1.22 bits per heavy atom. The molecule has 0 radical (unpaired) electrons. The minimum absolute atomic E-state index is 0.221. The molecule has 0 aromatic heterocycles. The van der Waals surface area contributed by atoms with Gasteiger partial charge < -0.3 is 10.2 Å². The molecule has 128 valence electrons. The lowest BCUT2D eigenvalue weighted by atomic mass is 10.1. The van der Waals surface area contributed by atoms with E-state index in [0.29, 0.717) is 18.4 Å². The first-order valence-electron chi connectivity index (χ1n) is 7.31. The van der Waals surface area contributed by atoms with Crippen LogP contribution in [0.4, 0.5) is 0 Å². The molecular formula is C16H22O7. The molecule has 0 fully saturated rings. The van der Waals surface area contributed by atoms with Gasteiger partial charge in [-0.2, -0.15) is 5.26 Å². The van der Waals surface area contributed by atoms with E-state index < -0.39 is 17.9 Å². The number of hydrogen-bond donors (Lipinski definition) is 3. The summed E-state index contributed by atoms with van der Waals surface area (Å²) in [5.41, 5.74) is 0.338. The lowest BCUT2D eigenvalue weighted by Crippen LogP contribution is -2.00.